The molecule has 4 unspecified atom stereocenters. The molecule has 4 atom stereocenters. The molecule has 0 aromatic carbocycles. The number of hydrogen-bond donors (Lipinski definition) is 5. The first-order valence-corrected chi connectivity index (χ1v) is 9.32. The molecule has 0 bridgehead atoms. The highest BCUT2D eigenvalue weighted by Gasteiger charge is 2.36. The molecule has 10 heteroatoms. The molecule has 148 valence electrons. The molecule has 0 radical (unpaired) electrons. The number of carboxylic acids is 1. The van der Waals surface area contributed by atoms with E-state index < -0.39 is 35.9 Å². The number of carbonyl (C=O) groups is 4. The van der Waals surface area contributed by atoms with Gasteiger partial charge in [0.2, 0.25) is 17.7 Å². The lowest BCUT2D eigenvalue weighted by Gasteiger charge is -2.26. The fraction of sp³-hybridized carbons (Fsp3) is 0.750. The number of nitrogens with zero attached hydrogens (tertiary/aromatic N) is 1. The summed E-state index contributed by atoms with van der Waals surface area (Å²) in [5.41, 5.74) is 5.69. The van der Waals surface area contributed by atoms with E-state index in [9.17, 15) is 24.3 Å². The summed E-state index contributed by atoms with van der Waals surface area (Å²) in [6, 6.07) is -2.46. The van der Waals surface area contributed by atoms with E-state index in [1.165, 1.54) is 4.90 Å². The standard InChI is InChI=1S/C16H28N4O5S/c1-3-9(2)13(16(24)25)19-12(21)7-18-14(22)11-5-4-6-20(11)15(23)10(17)8-26/h9-11,13,26H,3-8,17H2,1-2H3,(H,18,22)(H,19,21)(H,24,25). The summed E-state index contributed by atoms with van der Waals surface area (Å²) in [5, 5.41) is 14.1. The van der Waals surface area contributed by atoms with Crippen LogP contribution >= 0.6 is 12.6 Å². The van der Waals surface area contributed by atoms with Crippen LogP contribution in [-0.4, -0.2) is 70.7 Å². The van der Waals surface area contributed by atoms with Gasteiger partial charge in [-0.2, -0.15) is 12.6 Å². The molecule has 5 N–H and O–H groups in total. The Morgan fingerprint density at radius 2 is 2.00 bits per heavy atom. The molecule has 1 heterocycles. The summed E-state index contributed by atoms with van der Waals surface area (Å²) in [7, 11) is 0. The Bertz CT molecular complexity index is 545. The zero-order chi connectivity index (χ0) is 19.9. The molecule has 0 aromatic rings. The van der Waals surface area contributed by atoms with E-state index in [4.69, 9.17) is 5.73 Å². The van der Waals surface area contributed by atoms with Gasteiger partial charge in [0.1, 0.15) is 12.1 Å². The molecule has 1 fully saturated rings. The van der Waals surface area contributed by atoms with Crippen LogP contribution in [0.1, 0.15) is 33.1 Å². The van der Waals surface area contributed by atoms with Gasteiger partial charge < -0.3 is 26.4 Å². The fourth-order valence-electron chi connectivity index (χ4n) is 2.79. The third kappa shape index (κ3) is 5.87. The van der Waals surface area contributed by atoms with Crippen LogP contribution in [0.25, 0.3) is 0 Å². The summed E-state index contributed by atoms with van der Waals surface area (Å²) >= 11 is 4.00. The van der Waals surface area contributed by atoms with E-state index in [-0.39, 0.29) is 24.1 Å². The lowest BCUT2D eigenvalue weighted by Crippen LogP contribution is -2.53. The molecule has 0 aromatic heterocycles. The maximum atomic E-state index is 12.3. The highest BCUT2D eigenvalue weighted by atomic mass is 32.1. The van der Waals surface area contributed by atoms with E-state index in [0.29, 0.717) is 25.8 Å². The number of rotatable bonds is 9. The van der Waals surface area contributed by atoms with Gasteiger partial charge in [0.05, 0.1) is 12.6 Å². The van der Waals surface area contributed by atoms with Crippen molar-refractivity contribution in [2.75, 3.05) is 18.8 Å². The van der Waals surface area contributed by atoms with Crippen molar-refractivity contribution in [2.24, 2.45) is 11.7 Å². The topological polar surface area (TPSA) is 142 Å². The highest BCUT2D eigenvalue weighted by Crippen LogP contribution is 2.18. The third-order valence-corrected chi connectivity index (χ3v) is 4.96. The van der Waals surface area contributed by atoms with E-state index in [1.807, 2.05) is 6.92 Å². The zero-order valence-corrected chi connectivity index (χ0v) is 16.0. The second kappa shape index (κ2) is 10.4. The van der Waals surface area contributed by atoms with Gasteiger partial charge in [-0.3, -0.25) is 14.4 Å². The largest absolute Gasteiger partial charge is 0.480 e. The smallest absolute Gasteiger partial charge is 0.326 e. The molecular weight excluding hydrogens is 360 g/mol. The fourth-order valence-corrected chi connectivity index (χ4v) is 2.94. The molecule has 0 saturated carbocycles. The van der Waals surface area contributed by atoms with Gasteiger partial charge in [-0.25, -0.2) is 4.79 Å². The van der Waals surface area contributed by atoms with Crippen molar-refractivity contribution in [3.8, 4) is 0 Å². The number of hydrogen-bond acceptors (Lipinski definition) is 6. The van der Waals surface area contributed by atoms with Crippen LogP contribution in [0.5, 0.6) is 0 Å². The molecule has 1 rings (SSSR count). The van der Waals surface area contributed by atoms with Crippen molar-refractivity contribution in [3.63, 3.8) is 0 Å². The number of carboxylic acid groups (broad SMARTS) is 1. The molecule has 0 spiro atoms. The van der Waals surface area contributed by atoms with Crippen LogP contribution in [0.15, 0.2) is 0 Å². The summed E-state index contributed by atoms with van der Waals surface area (Å²) in [6.07, 6.45) is 1.75. The summed E-state index contributed by atoms with van der Waals surface area (Å²) in [6.45, 7) is 3.63. The number of thiol groups is 1. The lowest BCUT2D eigenvalue weighted by atomic mass is 9.99. The van der Waals surface area contributed by atoms with Crippen molar-refractivity contribution in [1.82, 2.24) is 15.5 Å². The Balaban J connectivity index is 2.58. The number of carbonyl (C=O) groups excluding carboxylic acids is 3. The Labute approximate surface area is 158 Å². The quantitative estimate of drug-likeness (QED) is 0.320. The van der Waals surface area contributed by atoms with Crippen LogP contribution in [0.4, 0.5) is 0 Å². The predicted molar refractivity (Wildman–Crippen MR) is 98.6 cm³/mol. The zero-order valence-electron chi connectivity index (χ0n) is 15.1. The second-order valence-corrected chi connectivity index (χ2v) is 6.83. The third-order valence-electron chi connectivity index (χ3n) is 4.57. The average Bonchev–Trinajstić information content (AvgIpc) is 3.11. The van der Waals surface area contributed by atoms with Crippen LogP contribution in [-0.2, 0) is 19.2 Å². The van der Waals surface area contributed by atoms with E-state index >= 15 is 0 Å². The minimum absolute atomic E-state index is 0.179. The van der Waals surface area contributed by atoms with Gasteiger partial charge in [-0.05, 0) is 18.8 Å². The average molecular weight is 388 g/mol. The SMILES string of the molecule is CCC(C)C(NC(=O)CNC(=O)C1CCCN1C(=O)C(N)CS)C(=O)O. The van der Waals surface area contributed by atoms with Crippen LogP contribution in [0.2, 0.25) is 0 Å². The number of nitrogens with two attached hydrogens (primary N) is 1. The number of likely N-dealkylation sites (tertiary alicyclic amines) is 1. The Hall–Kier alpha value is -1.81. The lowest BCUT2D eigenvalue weighted by molar-refractivity contribution is -0.143. The van der Waals surface area contributed by atoms with Gasteiger partial charge in [-0.1, -0.05) is 20.3 Å². The molecule has 0 aliphatic carbocycles. The first kappa shape index (κ1) is 22.2. The molecule has 26 heavy (non-hydrogen) atoms. The van der Waals surface area contributed by atoms with E-state index in [1.54, 1.807) is 6.92 Å². The van der Waals surface area contributed by atoms with E-state index in [0.717, 1.165) is 0 Å². The van der Waals surface area contributed by atoms with Gasteiger partial charge in [-0.15, -0.1) is 0 Å². The van der Waals surface area contributed by atoms with Gasteiger partial charge in [0.25, 0.3) is 0 Å². The van der Waals surface area contributed by atoms with Crippen molar-refractivity contribution in [2.45, 2.75) is 51.2 Å². The Morgan fingerprint density at radius 1 is 1.35 bits per heavy atom. The van der Waals surface area contributed by atoms with Crippen molar-refractivity contribution in [1.29, 1.82) is 0 Å². The van der Waals surface area contributed by atoms with Gasteiger partial charge >= 0.3 is 5.97 Å². The van der Waals surface area contributed by atoms with Crippen molar-refractivity contribution >= 4 is 36.3 Å². The monoisotopic (exact) mass is 388 g/mol. The number of amides is 3. The molecule has 1 aliphatic rings. The Kier molecular flexibility index (Phi) is 8.86. The van der Waals surface area contributed by atoms with Crippen molar-refractivity contribution < 1.29 is 24.3 Å². The van der Waals surface area contributed by atoms with Crippen LogP contribution < -0.4 is 16.4 Å². The molecule has 1 saturated heterocycles. The highest BCUT2D eigenvalue weighted by molar-refractivity contribution is 7.80. The predicted octanol–water partition coefficient (Wildman–Crippen LogP) is -1.03. The molecule has 1 aliphatic heterocycles. The van der Waals surface area contributed by atoms with Gasteiger partial charge in [0, 0.05) is 12.3 Å². The first-order chi connectivity index (χ1) is 12.2. The number of nitrogens with one attached hydrogen (secondary N) is 2. The maximum absolute atomic E-state index is 12.3. The molecular formula is C16H28N4O5S. The van der Waals surface area contributed by atoms with Crippen molar-refractivity contribution in [3.05, 3.63) is 0 Å². The molecule has 9 nitrogen and oxygen atoms in total. The second-order valence-electron chi connectivity index (χ2n) is 6.47. The minimum Gasteiger partial charge on any atom is -0.480 e. The Morgan fingerprint density at radius 3 is 2.54 bits per heavy atom. The van der Waals surface area contributed by atoms with Crippen LogP contribution in [0.3, 0.4) is 0 Å². The summed E-state index contributed by atoms with van der Waals surface area (Å²) in [4.78, 5) is 49.1. The first-order valence-electron chi connectivity index (χ1n) is 8.69. The summed E-state index contributed by atoms with van der Waals surface area (Å²) < 4.78 is 0. The van der Waals surface area contributed by atoms with E-state index in [2.05, 4.69) is 23.3 Å². The summed E-state index contributed by atoms with van der Waals surface area (Å²) in [5.74, 6) is -2.56. The van der Waals surface area contributed by atoms with Crippen LogP contribution in [0, 0.1) is 5.92 Å². The maximum Gasteiger partial charge on any atom is 0.326 e. The normalized spacial score (nSPS) is 20.2. The van der Waals surface area contributed by atoms with Gasteiger partial charge in [0.15, 0.2) is 0 Å². The molecule has 3 amide bonds. The number of aliphatic carboxylic acids is 1. The minimum atomic E-state index is -1.12.